The molecule has 0 saturated carbocycles. The monoisotopic (exact) mass is 653 g/mol. The molecule has 0 bridgehead atoms. The minimum atomic E-state index is -5.18. The number of phenolic OH excluding ortho intramolecular Hbond substituents is 1. The third kappa shape index (κ3) is 7.33. The fraction of sp³-hybridized carbons (Fsp3) is 0.471. The molecule has 4 rings (SSSR count). The topological polar surface area (TPSA) is 98.1 Å². The average molecular weight is 654 g/mol. The molecular weight excluding hydrogens is 616 g/mol. The quantitative estimate of drug-likeness (QED) is 0.131. The van der Waals surface area contributed by atoms with E-state index in [0.717, 1.165) is 12.0 Å². The Kier molecular flexibility index (Phi) is 10.7. The molecular formula is C34H37F6NO5. The Bertz CT molecular complexity index is 1480. The van der Waals surface area contributed by atoms with Gasteiger partial charge < -0.3 is 15.3 Å². The first-order valence-electron chi connectivity index (χ1n) is 15.3. The second-order valence-corrected chi connectivity index (χ2v) is 11.9. The van der Waals surface area contributed by atoms with Gasteiger partial charge in [-0.1, -0.05) is 62.1 Å². The van der Waals surface area contributed by atoms with Gasteiger partial charge in [-0.2, -0.15) is 26.3 Å². The highest BCUT2D eigenvalue weighted by Gasteiger charge is 2.55. The summed E-state index contributed by atoms with van der Waals surface area (Å²) in [6, 6.07) is 7.40. The number of aromatic hydroxyl groups is 1. The molecule has 3 N–H and O–H groups in total. The zero-order chi connectivity index (χ0) is 34.0. The van der Waals surface area contributed by atoms with E-state index >= 15 is 0 Å². The number of para-hydroxylation sites is 1. The number of aliphatic hydroxyl groups is 2. The van der Waals surface area contributed by atoms with Crippen LogP contribution in [0.4, 0.5) is 32.0 Å². The summed E-state index contributed by atoms with van der Waals surface area (Å²) in [5, 5.41) is 32.3. The molecule has 0 unspecified atom stereocenters. The summed E-state index contributed by atoms with van der Waals surface area (Å²) in [7, 11) is 0. The standard InChI is InChI=1S/C34H37F6NO5/c1-3-7-19(13-20-9-5-6-10-27(20)43)11-12-28(44)29-21(8-4-2)14-25-30(26(29)18-42)32(46)41(31(25)45)24-16-22(33(35,36)37)15-23(17-24)34(38,39)40/h5-6,9-10,13,15-17,25-26,28,30,42-44H,3-4,7-8,11-12,14,18H2,1-2H3/b19-13+/t25-,26+,28-,30-/m1/s1. The molecule has 1 fully saturated rings. The summed E-state index contributed by atoms with van der Waals surface area (Å²) >= 11 is 0. The fourth-order valence-corrected chi connectivity index (χ4v) is 6.72. The van der Waals surface area contributed by atoms with Crippen LogP contribution in [0.25, 0.3) is 6.08 Å². The molecule has 6 nitrogen and oxygen atoms in total. The molecule has 1 heterocycles. The van der Waals surface area contributed by atoms with Crippen LogP contribution in [0.1, 0.15) is 75.5 Å². The molecule has 250 valence electrons. The number of nitrogens with zero attached hydrogens (tertiary/aromatic N) is 1. The van der Waals surface area contributed by atoms with Crippen molar-refractivity contribution in [3.63, 3.8) is 0 Å². The number of halogens is 6. The van der Waals surface area contributed by atoms with Gasteiger partial charge in [-0.25, -0.2) is 4.90 Å². The van der Waals surface area contributed by atoms with Crippen molar-refractivity contribution in [1.29, 1.82) is 0 Å². The third-order valence-corrected chi connectivity index (χ3v) is 8.73. The zero-order valence-electron chi connectivity index (χ0n) is 25.5. The number of benzene rings is 2. The zero-order valence-corrected chi connectivity index (χ0v) is 25.5. The Morgan fingerprint density at radius 3 is 2.13 bits per heavy atom. The van der Waals surface area contributed by atoms with Crippen molar-refractivity contribution < 1.29 is 51.3 Å². The highest BCUT2D eigenvalue weighted by molar-refractivity contribution is 6.22. The predicted molar refractivity (Wildman–Crippen MR) is 159 cm³/mol. The molecule has 46 heavy (non-hydrogen) atoms. The maximum Gasteiger partial charge on any atom is 0.416 e. The van der Waals surface area contributed by atoms with Gasteiger partial charge in [-0.15, -0.1) is 0 Å². The number of anilines is 1. The van der Waals surface area contributed by atoms with E-state index in [1.165, 1.54) is 0 Å². The molecule has 2 aromatic rings. The molecule has 1 saturated heterocycles. The Morgan fingerprint density at radius 2 is 1.59 bits per heavy atom. The number of allylic oxidation sites excluding steroid dienone is 2. The summed E-state index contributed by atoms with van der Waals surface area (Å²) in [4.78, 5) is 27.7. The molecule has 0 aromatic heterocycles. The maximum atomic E-state index is 13.8. The van der Waals surface area contributed by atoms with Crippen molar-refractivity contribution in [1.82, 2.24) is 0 Å². The van der Waals surface area contributed by atoms with E-state index in [2.05, 4.69) is 0 Å². The van der Waals surface area contributed by atoms with E-state index in [0.29, 0.717) is 59.4 Å². The van der Waals surface area contributed by atoms with Crippen molar-refractivity contribution >= 4 is 23.6 Å². The van der Waals surface area contributed by atoms with Crippen LogP contribution in [0.3, 0.4) is 0 Å². The second-order valence-electron chi connectivity index (χ2n) is 11.9. The number of phenols is 1. The Morgan fingerprint density at radius 1 is 0.957 bits per heavy atom. The lowest BCUT2D eigenvalue weighted by atomic mass is 9.67. The Hall–Kier alpha value is -3.64. The van der Waals surface area contributed by atoms with Gasteiger partial charge in [0.05, 0.1) is 41.4 Å². The molecule has 4 atom stereocenters. The third-order valence-electron chi connectivity index (χ3n) is 8.73. The van der Waals surface area contributed by atoms with Crippen LogP contribution in [-0.2, 0) is 21.9 Å². The van der Waals surface area contributed by atoms with Crippen LogP contribution in [-0.4, -0.2) is 39.8 Å². The molecule has 2 aliphatic rings. The first-order valence-corrected chi connectivity index (χ1v) is 15.3. The van der Waals surface area contributed by atoms with Crippen LogP contribution < -0.4 is 4.90 Å². The number of aliphatic hydroxyl groups excluding tert-OH is 2. The van der Waals surface area contributed by atoms with Crippen LogP contribution in [0.2, 0.25) is 0 Å². The lowest BCUT2D eigenvalue weighted by Gasteiger charge is -2.36. The van der Waals surface area contributed by atoms with E-state index in [-0.39, 0.29) is 24.7 Å². The molecule has 1 aliphatic carbocycles. The fourth-order valence-electron chi connectivity index (χ4n) is 6.72. The van der Waals surface area contributed by atoms with Crippen molar-refractivity contribution in [2.75, 3.05) is 11.5 Å². The van der Waals surface area contributed by atoms with Gasteiger partial charge >= 0.3 is 12.4 Å². The van der Waals surface area contributed by atoms with E-state index in [4.69, 9.17) is 0 Å². The van der Waals surface area contributed by atoms with Crippen LogP contribution in [0, 0.1) is 17.8 Å². The van der Waals surface area contributed by atoms with Crippen LogP contribution >= 0.6 is 0 Å². The van der Waals surface area contributed by atoms with Crippen molar-refractivity contribution in [2.45, 2.75) is 77.2 Å². The maximum absolute atomic E-state index is 13.8. The summed E-state index contributed by atoms with van der Waals surface area (Å²) in [5.41, 5.74) is -1.59. The van der Waals surface area contributed by atoms with Gasteiger partial charge in [0.15, 0.2) is 0 Å². The number of alkyl halides is 6. The number of hydrogen-bond acceptors (Lipinski definition) is 5. The molecule has 0 radical (unpaired) electrons. The van der Waals surface area contributed by atoms with E-state index < -0.39 is 71.4 Å². The van der Waals surface area contributed by atoms with Gasteiger partial charge in [0, 0.05) is 11.5 Å². The largest absolute Gasteiger partial charge is 0.507 e. The minimum Gasteiger partial charge on any atom is -0.507 e. The first-order chi connectivity index (χ1) is 21.6. The number of carbonyl (C=O) groups is 2. The number of rotatable bonds is 11. The van der Waals surface area contributed by atoms with E-state index in [9.17, 15) is 51.3 Å². The molecule has 2 amide bonds. The normalized spacial score (nSPS) is 21.7. The Balaban J connectivity index is 1.68. The van der Waals surface area contributed by atoms with Gasteiger partial charge in [-0.3, -0.25) is 9.59 Å². The van der Waals surface area contributed by atoms with E-state index in [1.54, 1.807) is 24.3 Å². The summed E-state index contributed by atoms with van der Waals surface area (Å²) < 4.78 is 81.5. The van der Waals surface area contributed by atoms with Gasteiger partial charge in [0.1, 0.15) is 5.75 Å². The van der Waals surface area contributed by atoms with Crippen molar-refractivity contribution in [3.8, 4) is 5.75 Å². The SMILES string of the molecule is CCCC1=C([C@H](O)CC/C(=C/c2ccccc2O)CCC)[C@H](CO)[C@@H]2C(=O)N(c3cc(C(F)(F)F)cc(C(F)(F)F)c3)C(=O)[C@@H]2C1. The first kappa shape index (κ1) is 35.2. The Labute approximate surface area is 263 Å². The van der Waals surface area contributed by atoms with Gasteiger partial charge in [0.25, 0.3) is 0 Å². The van der Waals surface area contributed by atoms with Crippen LogP contribution in [0.5, 0.6) is 5.75 Å². The number of amides is 2. The summed E-state index contributed by atoms with van der Waals surface area (Å²) in [6.07, 6.45) is -6.64. The van der Waals surface area contributed by atoms with Crippen LogP contribution in [0.15, 0.2) is 59.2 Å². The highest BCUT2D eigenvalue weighted by atomic mass is 19.4. The number of fused-ring (bicyclic) bond motifs is 1. The minimum absolute atomic E-state index is 0.0247. The number of carbonyl (C=O) groups excluding carboxylic acids is 2. The molecule has 1 aliphatic heterocycles. The second kappa shape index (κ2) is 14.0. The summed E-state index contributed by atoms with van der Waals surface area (Å²) in [6.45, 7) is 3.18. The van der Waals surface area contributed by atoms with Crippen molar-refractivity contribution in [3.05, 3.63) is 75.9 Å². The van der Waals surface area contributed by atoms with E-state index in [1.807, 2.05) is 19.9 Å². The smallest absolute Gasteiger partial charge is 0.416 e. The highest BCUT2D eigenvalue weighted by Crippen LogP contribution is 2.49. The lowest BCUT2D eigenvalue weighted by Crippen LogP contribution is -2.39. The van der Waals surface area contributed by atoms with Gasteiger partial charge in [0.2, 0.25) is 11.8 Å². The number of hydrogen-bond donors (Lipinski definition) is 3. The molecule has 0 spiro atoms. The molecule has 12 heteroatoms. The summed E-state index contributed by atoms with van der Waals surface area (Å²) in [5.74, 6) is -5.34. The van der Waals surface area contributed by atoms with Gasteiger partial charge in [-0.05, 0) is 61.9 Å². The molecule has 2 aromatic carbocycles. The lowest BCUT2D eigenvalue weighted by molar-refractivity contribution is -0.143. The number of imide groups is 1. The predicted octanol–water partition coefficient (Wildman–Crippen LogP) is 7.67. The average Bonchev–Trinajstić information content (AvgIpc) is 3.24. The van der Waals surface area contributed by atoms with Crippen molar-refractivity contribution in [2.24, 2.45) is 17.8 Å².